The summed E-state index contributed by atoms with van der Waals surface area (Å²) >= 11 is 0. The third-order valence-electron chi connectivity index (χ3n) is 3.90. The molecule has 0 amide bonds. The second-order valence-electron chi connectivity index (χ2n) is 5.55. The van der Waals surface area contributed by atoms with Crippen molar-refractivity contribution in [2.24, 2.45) is 0 Å². The van der Waals surface area contributed by atoms with Gasteiger partial charge in [-0.1, -0.05) is 19.1 Å². The number of rotatable bonds is 6. The van der Waals surface area contributed by atoms with Crippen molar-refractivity contribution in [2.75, 3.05) is 6.54 Å². The maximum atomic E-state index is 8.88. The van der Waals surface area contributed by atoms with E-state index in [1.165, 1.54) is 19.3 Å². The molecule has 0 saturated heterocycles. The Morgan fingerprint density at radius 1 is 1.30 bits per heavy atom. The summed E-state index contributed by atoms with van der Waals surface area (Å²) in [5, 5.41) is 12.5. The Bertz CT molecular complexity index is 445. The highest BCUT2D eigenvalue weighted by molar-refractivity contribution is 5.32. The molecule has 20 heavy (non-hydrogen) atoms. The van der Waals surface area contributed by atoms with Crippen LogP contribution in [0.25, 0.3) is 0 Å². The summed E-state index contributed by atoms with van der Waals surface area (Å²) in [6, 6.07) is 10.5. The van der Waals surface area contributed by atoms with Crippen LogP contribution in [0.15, 0.2) is 24.3 Å². The first kappa shape index (κ1) is 15.0. The number of benzene rings is 1. The monoisotopic (exact) mass is 272 g/mol. The average molecular weight is 272 g/mol. The first-order valence-electron chi connectivity index (χ1n) is 7.66. The smallest absolute Gasteiger partial charge is 0.0991 e. The molecule has 1 saturated carbocycles. The fraction of sp³-hybridized carbons (Fsp3) is 0.588. The lowest BCUT2D eigenvalue weighted by atomic mass is 9.93. The molecule has 0 bridgehead atoms. The largest absolute Gasteiger partial charge is 0.374 e. The normalized spacial score (nSPS) is 22.4. The first-order valence-corrected chi connectivity index (χ1v) is 7.66. The summed E-state index contributed by atoms with van der Waals surface area (Å²) in [4.78, 5) is 0. The van der Waals surface area contributed by atoms with Gasteiger partial charge in [0.15, 0.2) is 0 Å². The predicted molar refractivity (Wildman–Crippen MR) is 80.3 cm³/mol. The number of nitriles is 1. The standard InChI is InChI=1S/C17H24N2O/c1-2-10-19-16-6-8-17(9-7-16)20-13-15-5-3-4-14(11-15)12-18/h3-5,11,16-17,19H,2,6-10,13H2,1H3. The molecule has 0 spiro atoms. The van der Waals surface area contributed by atoms with Crippen LogP contribution in [0.2, 0.25) is 0 Å². The van der Waals surface area contributed by atoms with Crippen molar-refractivity contribution in [2.45, 2.75) is 57.8 Å². The Labute approximate surface area is 121 Å². The van der Waals surface area contributed by atoms with Gasteiger partial charge in [-0.15, -0.1) is 0 Å². The van der Waals surface area contributed by atoms with Crippen LogP contribution in [0.5, 0.6) is 0 Å². The molecule has 1 N–H and O–H groups in total. The summed E-state index contributed by atoms with van der Waals surface area (Å²) in [5.41, 5.74) is 1.80. The van der Waals surface area contributed by atoms with E-state index in [9.17, 15) is 0 Å². The fourth-order valence-corrected chi connectivity index (χ4v) is 2.73. The van der Waals surface area contributed by atoms with Gasteiger partial charge >= 0.3 is 0 Å². The third kappa shape index (κ3) is 4.63. The van der Waals surface area contributed by atoms with Crippen LogP contribution in [0.1, 0.15) is 50.2 Å². The van der Waals surface area contributed by atoms with E-state index >= 15 is 0 Å². The number of nitrogens with zero attached hydrogens (tertiary/aromatic N) is 1. The summed E-state index contributed by atoms with van der Waals surface area (Å²) in [5.74, 6) is 0. The second-order valence-corrected chi connectivity index (χ2v) is 5.55. The minimum absolute atomic E-state index is 0.375. The van der Waals surface area contributed by atoms with Crippen LogP contribution in [-0.2, 0) is 11.3 Å². The van der Waals surface area contributed by atoms with Gasteiger partial charge in [-0.05, 0) is 56.3 Å². The number of hydrogen-bond donors (Lipinski definition) is 1. The molecule has 0 heterocycles. The summed E-state index contributed by atoms with van der Waals surface area (Å²) in [6.45, 7) is 3.95. The Morgan fingerprint density at radius 3 is 2.80 bits per heavy atom. The first-order chi connectivity index (χ1) is 9.81. The molecular weight excluding hydrogens is 248 g/mol. The van der Waals surface area contributed by atoms with Crippen LogP contribution in [-0.4, -0.2) is 18.7 Å². The van der Waals surface area contributed by atoms with Gasteiger partial charge in [0.05, 0.1) is 24.3 Å². The Morgan fingerprint density at radius 2 is 2.10 bits per heavy atom. The van der Waals surface area contributed by atoms with Crippen LogP contribution in [0, 0.1) is 11.3 Å². The molecule has 3 heteroatoms. The highest BCUT2D eigenvalue weighted by atomic mass is 16.5. The number of ether oxygens (including phenoxy) is 1. The lowest BCUT2D eigenvalue weighted by molar-refractivity contribution is 0.0113. The van der Waals surface area contributed by atoms with Gasteiger partial charge in [0, 0.05) is 6.04 Å². The Hall–Kier alpha value is -1.37. The van der Waals surface area contributed by atoms with E-state index in [4.69, 9.17) is 10.00 Å². The lowest BCUT2D eigenvalue weighted by Gasteiger charge is -2.29. The van der Waals surface area contributed by atoms with E-state index in [1.807, 2.05) is 24.3 Å². The summed E-state index contributed by atoms with van der Waals surface area (Å²) < 4.78 is 5.98. The van der Waals surface area contributed by atoms with E-state index in [0.717, 1.165) is 24.9 Å². The van der Waals surface area contributed by atoms with Crippen molar-refractivity contribution in [3.05, 3.63) is 35.4 Å². The quantitative estimate of drug-likeness (QED) is 0.863. The maximum absolute atomic E-state index is 8.88. The van der Waals surface area contributed by atoms with Gasteiger partial charge in [0.1, 0.15) is 0 Å². The van der Waals surface area contributed by atoms with E-state index in [2.05, 4.69) is 18.3 Å². The second kappa shape index (κ2) is 8.04. The molecule has 1 fully saturated rings. The van der Waals surface area contributed by atoms with Crippen molar-refractivity contribution < 1.29 is 4.74 Å². The zero-order chi connectivity index (χ0) is 14.2. The molecule has 1 aromatic rings. The van der Waals surface area contributed by atoms with Crippen molar-refractivity contribution in [3.8, 4) is 6.07 Å². The Balaban J connectivity index is 1.72. The van der Waals surface area contributed by atoms with Crippen LogP contribution in [0.4, 0.5) is 0 Å². The van der Waals surface area contributed by atoms with Gasteiger partial charge in [-0.3, -0.25) is 0 Å². The molecule has 0 aromatic heterocycles. The van der Waals surface area contributed by atoms with E-state index in [1.54, 1.807) is 0 Å². The zero-order valence-corrected chi connectivity index (χ0v) is 12.3. The Kier molecular flexibility index (Phi) is 6.04. The van der Waals surface area contributed by atoms with Crippen molar-refractivity contribution in [3.63, 3.8) is 0 Å². The zero-order valence-electron chi connectivity index (χ0n) is 12.3. The average Bonchev–Trinajstić information content (AvgIpc) is 2.52. The molecule has 0 radical (unpaired) electrons. The van der Waals surface area contributed by atoms with Crippen LogP contribution >= 0.6 is 0 Å². The topological polar surface area (TPSA) is 45.0 Å². The van der Waals surface area contributed by atoms with Gasteiger partial charge in [0.2, 0.25) is 0 Å². The molecule has 0 unspecified atom stereocenters. The van der Waals surface area contributed by atoms with Gasteiger partial charge < -0.3 is 10.1 Å². The number of nitrogens with one attached hydrogen (secondary N) is 1. The van der Waals surface area contributed by atoms with E-state index in [0.29, 0.717) is 24.3 Å². The van der Waals surface area contributed by atoms with Crippen LogP contribution < -0.4 is 5.32 Å². The van der Waals surface area contributed by atoms with Crippen molar-refractivity contribution in [1.82, 2.24) is 5.32 Å². The molecule has 1 aliphatic carbocycles. The van der Waals surface area contributed by atoms with Gasteiger partial charge in [0.25, 0.3) is 0 Å². The minimum atomic E-state index is 0.375. The molecule has 0 atom stereocenters. The van der Waals surface area contributed by atoms with Crippen molar-refractivity contribution in [1.29, 1.82) is 5.26 Å². The molecule has 3 nitrogen and oxygen atoms in total. The van der Waals surface area contributed by atoms with Crippen LogP contribution in [0.3, 0.4) is 0 Å². The molecule has 0 aliphatic heterocycles. The summed E-state index contributed by atoms with van der Waals surface area (Å²) in [6.07, 6.45) is 6.27. The minimum Gasteiger partial charge on any atom is -0.374 e. The lowest BCUT2D eigenvalue weighted by Crippen LogP contribution is -2.35. The number of hydrogen-bond acceptors (Lipinski definition) is 3. The molecular formula is C17H24N2O. The molecule has 1 aromatic carbocycles. The summed E-state index contributed by atoms with van der Waals surface area (Å²) in [7, 11) is 0. The van der Waals surface area contributed by atoms with E-state index in [-0.39, 0.29) is 0 Å². The predicted octanol–water partition coefficient (Wildman–Crippen LogP) is 3.39. The van der Waals surface area contributed by atoms with Crippen molar-refractivity contribution >= 4 is 0 Å². The van der Waals surface area contributed by atoms with Gasteiger partial charge in [-0.2, -0.15) is 5.26 Å². The SMILES string of the molecule is CCCNC1CCC(OCc2cccc(C#N)c2)CC1. The molecule has 108 valence electrons. The molecule has 1 aliphatic rings. The maximum Gasteiger partial charge on any atom is 0.0991 e. The third-order valence-corrected chi connectivity index (χ3v) is 3.90. The van der Waals surface area contributed by atoms with E-state index < -0.39 is 0 Å². The highest BCUT2D eigenvalue weighted by Gasteiger charge is 2.20. The molecule has 2 rings (SSSR count). The highest BCUT2D eigenvalue weighted by Crippen LogP contribution is 2.22. The fourth-order valence-electron chi connectivity index (χ4n) is 2.73. The van der Waals surface area contributed by atoms with Gasteiger partial charge in [-0.25, -0.2) is 0 Å².